The van der Waals surface area contributed by atoms with Crippen LogP contribution in [0.1, 0.15) is 24.2 Å². The summed E-state index contributed by atoms with van der Waals surface area (Å²) in [4.78, 5) is 22.3. The lowest BCUT2D eigenvalue weighted by Crippen LogP contribution is -2.21. The molecule has 0 bridgehead atoms. The first-order valence-corrected chi connectivity index (χ1v) is 8.95. The van der Waals surface area contributed by atoms with Gasteiger partial charge in [0.25, 0.3) is 5.91 Å². The van der Waals surface area contributed by atoms with Crippen LogP contribution in [-0.2, 0) is 6.54 Å². The third-order valence-electron chi connectivity index (χ3n) is 4.27. The Labute approximate surface area is 159 Å². The molecule has 0 atom stereocenters. The average Bonchev–Trinajstić information content (AvgIpc) is 3.09. The van der Waals surface area contributed by atoms with Crippen LogP contribution in [0.2, 0.25) is 0 Å². The van der Waals surface area contributed by atoms with Crippen molar-refractivity contribution < 1.29 is 4.79 Å². The zero-order valence-corrected chi connectivity index (χ0v) is 16.2. The topological polar surface area (TPSA) is 77.0 Å². The zero-order valence-electron chi connectivity index (χ0n) is 16.2. The van der Waals surface area contributed by atoms with Crippen LogP contribution >= 0.6 is 0 Å². The highest BCUT2D eigenvalue weighted by Crippen LogP contribution is 2.29. The molecule has 3 heterocycles. The van der Waals surface area contributed by atoms with Gasteiger partial charge in [0.2, 0.25) is 0 Å². The summed E-state index contributed by atoms with van der Waals surface area (Å²) in [7, 11) is 3.43. The number of aromatic nitrogens is 3. The monoisotopic (exact) mass is 363 g/mol. The summed E-state index contributed by atoms with van der Waals surface area (Å²) >= 11 is 0. The smallest absolute Gasteiger partial charge is 0.254 e. The molecule has 3 rings (SSSR count). The molecule has 1 amide bonds. The van der Waals surface area contributed by atoms with Crippen molar-refractivity contribution in [2.75, 3.05) is 19.8 Å². The van der Waals surface area contributed by atoms with Gasteiger partial charge in [-0.25, -0.2) is 4.98 Å². The molecule has 3 aromatic rings. The highest BCUT2D eigenvalue weighted by molar-refractivity contribution is 5.94. The highest BCUT2D eigenvalue weighted by Gasteiger charge is 2.12. The van der Waals surface area contributed by atoms with Crippen molar-refractivity contribution in [1.29, 1.82) is 0 Å². The minimum absolute atomic E-state index is 0.0830. The average molecular weight is 363 g/mol. The van der Waals surface area contributed by atoms with E-state index in [1.54, 1.807) is 38.6 Å². The van der Waals surface area contributed by atoms with Gasteiger partial charge in [0, 0.05) is 62.1 Å². The molecule has 140 valence electrons. The molecule has 6 heteroatoms. The second kappa shape index (κ2) is 7.61. The number of nitrogens with zero attached hydrogens (tertiary/aromatic N) is 4. The van der Waals surface area contributed by atoms with Gasteiger partial charge in [-0.05, 0) is 30.2 Å². The first-order valence-electron chi connectivity index (χ1n) is 8.95. The van der Waals surface area contributed by atoms with E-state index in [1.165, 1.54) is 4.90 Å². The lowest BCUT2D eigenvalue weighted by Gasteiger charge is -2.11. The Balaban J connectivity index is 1.92. The summed E-state index contributed by atoms with van der Waals surface area (Å²) in [6, 6.07) is 7.63. The van der Waals surface area contributed by atoms with Crippen LogP contribution < -0.4 is 5.73 Å². The summed E-state index contributed by atoms with van der Waals surface area (Å²) in [5.74, 6) is 0.915. The number of anilines is 1. The van der Waals surface area contributed by atoms with E-state index in [9.17, 15) is 4.79 Å². The molecular weight excluding hydrogens is 338 g/mol. The van der Waals surface area contributed by atoms with E-state index in [1.807, 2.05) is 6.07 Å². The summed E-state index contributed by atoms with van der Waals surface area (Å²) in [6.07, 6.45) is 7.54. The summed E-state index contributed by atoms with van der Waals surface area (Å²) in [6.45, 7) is 5.36. The van der Waals surface area contributed by atoms with Gasteiger partial charge >= 0.3 is 0 Å². The van der Waals surface area contributed by atoms with E-state index in [0.717, 1.165) is 23.2 Å². The van der Waals surface area contributed by atoms with Crippen molar-refractivity contribution in [2.24, 2.45) is 5.92 Å². The fraction of sp³-hybridized carbons (Fsp3) is 0.286. The van der Waals surface area contributed by atoms with Gasteiger partial charge in [-0.1, -0.05) is 13.8 Å². The van der Waals surface area contributed by atoms with Crippen molar-refractivity contribution in [1.82, 2.24) is 19.4 Å². The third-order valence-corrected chi connectivity index (χ3v) is 4.27. The van der Waals surface area contributed by atoms with E-state index in [2.05, 4.69) is 46.8 Å². The van der Waals surface area contributed by atoms with Crippen molar-refractivity contribution >= 4 is 11.7 Å². The lowest BCUT2D eigenvalue weighted by atomic mass is 10.1. The van der Waals surface area contributed by atoms with E-state index < -0.39 is 0 Å². The Bertz CT molecular complexity index is 941. The molecule has 6 nitrogen and oxygen atoms in total. The Kier molecular flexibility index (Phi) is 5.26. The minimum Gasteiger partial charge on any atom is -0.383 e. The summed E-state index contributed by atoms with van der Waals surface area (Å²) in [5.41, 5.74) is 10.1. The van der Waals surface area contributed by atoms with Crippen molar-refractivity contribution in [3.63, 3.8) is 0 Å². The van der Waals surface area contributed by atoms with Gasteiger partial charge in [0.1, 0.15) is 5.82 Å². The Hall–Kier alpha value is -3.15. The molecule has 27 heavy (non-hydrogen) atoms. The van der Waals surface area contributed by atoms with Crippen molar-refractivity contribution in [2.45, 2.75) is 20.4 Å². The number of carbonyl (C=O) groups is 1. The predicted molar refractivity (Wildman–Crippen MR) is 108 cm³/mol. The molecular formula is C21H25N5O. The molecule has 0 radical (unpaired) electrons. The van der Waals surface area contributed by atoms with Gasteiger partial charge in [0.15, 0.2) is 0 Å². The van der Waals surface area contributed by atoms with Crippen LogP contribution in [0.5, 0.6) is 0 Å². The molecule has 3 aromatic heterocycles. The molecule has 0 aliphatic rings. The summed E-state index contributed by atoms with van der Waals surface area (Å²) < 4.78 is 2.18. The SMILES string of the molecule is CC(C)Cn1ccc(-c2cnc(N)c(-c3ccc(C(=O)N(C)C)cn3)c2)c1. The summed E-state index contributed by atoms with van der Waals surface area (Å²) in [5, 5.41) is 0. The van der Waals surface area contributed by atoms with E-state index >= 15 is 0 Å². The number of hydrogen-bond donors (Lipinski definition) is 1. The Morgan fingerprint density at radius 1 is 1.15 bits per heavy atom. The highest BCUT2D eigenvalue weighted by atomic mass is 16.2. The molecule has 0 unspecified atom stereocenters. The number of pyridine rings is 2. The third kappa shape index (κ3) is 4.16. The standard InChI is InChI=1S/C21H25N5O/c1-14(2)12-26-8-7-16(13-26)17-9-18(20(22)24-11-17)19-6-5-15(10-23-19)21(27)25(3)4/h5-11,13-14H,12H2,1-4H3,(H2,22,24). The molecule has 0 aliphatic carbocycles. The molecule has 2 N–H and O–H groups in total. The quantitative estimate of drug-likeness (QED) is 0.752. The molecule has 0 saturated carbocycles. The second-order valence-electron chi connectivity index (χ2n) is 7.28. The maximum absolute atomic E-state index is 12.0. The van der Waals surface area contributed by atoms with Crippen LogP contribution in [0.3, 0.4) is 0 Å². The number of hydrogen-bond acceptors (Lipinski definition) is 4. The zero-order chi connectivity index (χ0) is 19.6. The van der Waals surface area contributed by atoms with E-state index in [4.69, 9.17) is 5.73 Å². The molecule has 0 spiro atoms. The minimum atomic E-state index is -0.0830. The van der Waals surface area contributed by atoms with Crippen molar-refractivity contribution in [3.05, 3.63) is 54.6 Å². The van der Waals surface area contributed by atoms with Gasteiger partial charge < -0.3 is 15.2 Å². The number of rotatable bonds is 5. The second-order valence-corrected chi connectivity index (χ2v) is 7.28. The van der Waals surface area contributed by atoms with Gasteiger partial charge in [-0.2, -0.15) is 0 Å². The maximum atomic E-state index is 12.0. The van der Waals surface area contributed by atoms with Gasteiger partial charge in [0.05, 0.1) is 11.3 Å². The fourth-order valence-electron chi connectivity index (χ4n) is 2.92. The van der Waals surface area contributed by atoms with Crippen LogP contribution in [0.25, 0.3) is 22.4 Å². The van der Waals surface area contributed by atoms with Crippen LogP contribution in [-0.4, -0.2) is 39.4 Å². The normalized spacial score (nSPS) is 11.0. The maximum Gasteiger partial charge on any atom is 0.254 e. The molecule has 0 aromatic carbocycles. The van der Waals surface area contributed by atoms with E-state index in [0.29, 0.717) is 23.0 Å². The number of nitrogen functional groups attached to an aromatic ring is 1. The van der Waals surface area contributed by atoms with Gasteiger partial charge in [-0.15, -0.1) is 0 Å². The van der Waals surface area contributed by atoms with Crippen molar-refractivity contribution in [3.8, 4) is 22.4 Å². The fourth-order valence-corrected chi connectivity index (χ4v) is 2.92. The Morgan fingerprint density at radius 3 is 2.56 bits per heavy atom. The molecule has 0 saturated heterocycles. The van der Waals surface area contributed by atoms with Crippen LogP contribution in [0.4, 0.5) is 5.82 Å². The Morgan fingerprint density at radius 2 is 1.93 bits per heavy atom. The molecule has 0 aliphatic heterocycles. The van der Waals surface area contributed by atoms with Crippen LogP contribution in [0, 0.1) is 5.92 Å². The lowest BCUT2D eigenvalue weighted by molar-refractivity contribution is 0.0827. The number of carbonyl (C=O) groups excluding carboxylic acids is 1. The number of nitrogens with two attached hydrogens (primary N) is 1. The first kappa shape index (κ1) is 18.6. The predicted octanol–water partition coefficient (Wildman–Crippen LogP) is 3.55. The molecule has 0 fully saturated rings. The number of amides is 1. The largest absolute Gasteiger partial charge is 0.383 e. The first-order chi connectivity index (χ1) is 12.8. The van der Waals surface area contributed by atoms with Crippen LogP contribution in [0.15, 0.2) is 49.1 Å². The van der Waals surface area contributed by atoms with Gasteiger partial charge in [-0.3, -0.25) is 9.78 Å². The van der Waals surface area contributed by atoms with E-state index in [-0.39, 0.29) is 5.91 Å².